The van der Waals surface area contributed by atoms with Gasteiger partial charge in [0.1, 0.15) is 0 Å². The zero-order chi connectivity index (χ0) is 10.7. The van der Waals surface area contributed by atoms with Gasteiger partial charge in [-0.25, -0.2) is 0 Å². The van der Waals surface area contributed by atoms with Gasteiger partial charge in [-0.1, -0.05) is 19.8 Å². The summed E-state index contributed by atoms with van der Waals surface area (Å²) in [4.78, 5) is 2.65. The lowest BCUT2D eigenvalue weighted by molar-refractivity contribution is -0.0700. The Morgan fingerprint density at radius 1 is 1.40 bits per heavy atom. The van der Waals surface area contributed by atoms with Gasteiger partial charge in [-0.05, 0) is 18.8 Å². The van der Waals surface area contributed by atoms with Crippen LogP contribution in [0.15, 0.2) is 0 Å². The SMILES string of the molecule is CC(CCl)CN1CCOCC12CCCC2. The van der Waals surface area contributed by atoms with E-state index in [-0.39, 0.29) is 0 Å². The molecular weight excluding hydrogens is 210 g/mol. The molecule has 0 aromatic rings. The van der Waals surface area contributed by atoms with E-state index >= 15 is 0 Å². The van der Waals surface area contributed by atoms with Gasteiger partial charge in [0.05, 0.1) is 13.2 Å². The van der Waals surface area contributed by atoms with E-state index in [4.69, 9.17) is 16.3 Å². The van der Waals surface area contributed by atoms with Gasteiger partial charge in [0, 0.05) is 24.5 Å². The van der Waals surface area contributed by atoms with E-state index in [2.05, 4.69) is 11.8 Å². The summed E-state index contributed by atoms with van der Waals surface area (Å²) in [5, 5.41) is 0. The number of alkyl halides is 1. The highest BCUT2D eigenvalue weighted by Crippen LogP contribution is 2.37. The molecule has 2 aliphatic rings. The largest absolute Gasteiger partial charge is 0.378 e. The lowest BCUT2D eigenvalue weighted by Crippen LogP contribution is -2.56. The van der Waals surface area contributed by atoms with Crippen molar-refractivity contribution in [3.8, 4) is 0 Å². The highest BCUT2D eigenvalue weighted by atomic mass is 35.5. The van der Waals surface area contributed by atoms with E-state index in [1.807, 2.05) is 0 Å². The summed E-state index contributed by atoms with van der Waals surface area (Å²) in [6.45, 7) is 6.33. The minimum Gasteiger partial charge on any atom is -0.378 e. The third-order valence-electron chi connectivity index (χ3n) is 3.88. The first-order valence-corrected chi connectivity index (χ1v) is 6.69. The fraction of sp³-hybridized carbons (Fsp3) is 1.00. The van der Waals surface area contributed by atoms with E-state index in [0.717, 1.165) is 32.2 Å². The maximum absolute atomic E-state index is 5.91. The fourth-order valence-electron chi connectivity index (χ4n) is 2.97. The number of rotatable bonds is 3. The zero-order valence-electron chi connectivity index (χ0n) is 9.67. The molecule has 2 rings (SSSR count). The molecular formula is C12H22ClNO. The van der Waals surface area contributed by atoms with E-state index in [0.29, 0.717) is 11.5 Å². The molecule has 1 atom stereocenters. The summed E-state index contributed by atoms with van der Waals surface area (Å²) in [6, 6.07) is 0. The van der Waals surface area contributed by atoms with Crippen LogP contribution in [0.3, 0.4) is 0 Å². The summed E-state index contributed by atoms with van der Waals surface area (Å²) < 4.78 is 5.68. The average molecular weight is 232 g/mol. The van der Waals surface area contributed by atoms with Gasteiger partial charge in [0.25, 0.3) is 0 Å². The van der Waals surface area contributed by atoms with Crippen LogP contribution in [0, 0.1) is 5.92 Å². The Balaban J connectivity index is 1.99. The summed E-state index contributed by atoms with van der Waals surface area (Å²) in [5.41, 5.74) is 0.374. The van der Waals surface area contributed by atoms with Crippen LogP contribution in [0.4, 0.5) is 0 Å². The average Bonchev–Trinajstić information content (AvgIpc) is 2.71. The normalized spacial score (nSPS) is 28.4. The molecule has 88 valence electrons. The standard InChI is InChI=1S/C12H22ClNO/c1-11(8-13)9-14-6-7-15-10-12(14)4-2-3-5-12/h11H,2-10H2,1H3. The van der Waals surface area contributed by atoms with Crippen molar-refractivity contribution in [2.45, 2.75) is 38.1 Å². The second kappa shape index (κ2) is 5.03. The predicted molar refractivity (Wildman–Crippen MR) is 63.5 cm³/mol. The Hall–Kier alpha value is 0.210. The van der Waals surface area contributed by atoms with E-state index in [1.165, 1.54) is 25.7 Å². The maximum Gasteiger partial charge on any atom is 0.0651 e. The Kier molecular flexibility index (Phi) is 3.92. The zero-order valence-corrected chi connectivity index (χ0v) is 10.4. The second-order valence-corrected chi connectivity index (χ2v) is 5.50. The second-order valence-electron chi connectivity index (χ2n) is 5.19. The highest BCUT2D eigenvalue weighted by molar-refractivity contribution is 6.18. The molecule has 0 radical (unpaired) electrons. The molecule has 1 aliphatic heterocycles. The van der Waals surface area contributed by atoms with Gasteiger partial charge >= 0.3 is 0 Å². The molecule has 0 aromatic heterocycles. The molecule has 1 spiro atoms. The number of halogens is 1. The molecule has 1 heterocycles. The first-order chi connectivity index (χ1) is 7.27. The van der Waals surface area contributed by atoms with Crippen LogP contribution in [-0.2, 0) is 4.74 Å². The molecule has 1 saturated heterocycles. The smallest absolute Gasteiger partial charge is 0.0651 e. The van der Waals surface area contributed by atoms with Crippen LogP contribution in [-0.4, -0.2) is 42.6 Å². The van der Waals surface area contributed by atoms with Crippen LogP contribution >= 0.6 is 11.6 Å². The van der Waals surface area contributed by atoms with E-state index in [1.54, 1.807) is 0 Å². The lowest BCUT2D eigenvalue weighted by Gasteiger charge is -2.45. The van der Waals surface area contributed by atoms with Crippen molar-refractivity contribution in [3.63, 3.8) is 0 Å². The van der Waals surface area contributed by atoms with E-state index < -0.39 is 0 Å². The Labute approximate surface area is 97.9 Å². The molecule has 1 unspecified atom stereocenters. The Morgan fingerprint density at radius 2 is 2.13 bits per heavy atom. The summed E-state index contributed by atoms with van der Waals surface area (Å²) in [6.07, 6.45) is 5.38. The predicted octanol–water partition coefficient (Wildman–Crippen LogP) is 2.51. The lowest BCUT2D eigenvalue weighted by atomic mass is 9.93. The van der Waals surface area contributed by atoms with Crippen LogP contribution in [0.25, 0.3) is 0 Å². The molecule has 0 aromatic carbocycles. The summed E-state index contributed by atoms with van der Waals surface area (Å²) >= 11 is 5.91. The Bertz CT molecular complexity index is 204. The number of ether oxygens (including phenoxy) is 1. The summed E-state index contributed by atoms with van der Waals surface area (Å²) in [7, 11) is 0. The molecule has 15 heavy (non-hydrogen) atoms. The van der Waals surface area contributed by atoms with Gasteiger partial charge < -0.3 is 4.74 Å². The first-order valence-electron chi connectivity index (χ1n) is 6.16. The highest BCUT2D eigenvalue weighted by Gasteiger charge is 2.41. The molecule has 2 fully saturated rings. The fourth-order valence-corrected chi connectivity index (χ4v) is 3.07. The molecule has 1 saturated carbocycles. The van der Waals surface area contributed by atoms with Crippen molar-refractivity contribution in [2.75, 3.05) is 32.2 Å². The molecule has 0 bridgehead atoms. The van der Waals surface area contributed by atoms with Crippen molar-refractivity contribution in [1.29, 1.82) is 0 Å². The third-order valence-corrected chi connectivity index (χ3v) is 4.40. The van der Waals surface area contributed by atoms with Gasteiger partial charge in [0.2, 0.25) is 0 Å². The first kappa shape index (κ1) is 11.7. The van der Waals surface area contributed by atoms with Gasteiger partial charge in [-0.15, -0.1) is 11.6 Å². The molecule has 0 N–H and O–H groups in total. The van der Waals surface area contributed by atoms with Crippen molar-refractivity contribution < 1.29 is 4.74 Å². The van der Waals surface area contributed by atoms with Gasteiger partial charge in [0.15, 0.2) is 0 Å². The Morgan fingerprint density at radius 3 is 2.80 bits per heavy atom. The minimum absolute atomic E-state index is 0.374. The number of morpholine rings is 1. The molecule has 1 aliphatic carbocycles. The third kappa shape index (κ3) is 2.48. The van der Waals surface area contributed by atoms with Gasteiger partial charge in [-0.3, -0.25) is 4.90 Å². The van der Waals surface area contributed by atoms with Crippen molar-refractivity contribution >= 4 is 11.6 Å². The monoisotopic (exact) mass is 231 g/mol. The molecule has 2 nitrogen and oxygen atoms in total. The molecule has 0 amide bonds. The quantitative estimate of drug-likeness (QED) is 0.693. The van der Waals surface area contributed by atoms with Crippen LogP contribution in [0.5, 0.6) is 0 Å². The van der Waals surface area contributed by atoms with Crippen molar-refractivity contribution in [3.05, 3.63) is 0 Å². The number of hydrogen-bond acceptors (Lipinski definition) is 2. The van der Waals surface area contributed by atoms with Crippen LogP contribution in [0.2, 0.25) is 0 Å². The van der Waals surface area contributed by atoms with Crippen LogP contribution in [0.1, 0.15) is 32.6 Å². The van der Waals surface area contributed by atoms with Crippen LogP contribution < -0.4 is 0 Å². The summed E-state index contributed by atoms with van der Waals surface area (Å²) in [5.74, 6) is 1.37. The topological polar surface area (TPSA) is 12.5 Å². The number of hydrogen-bond donors (Lipinski definition) is 0. The number of nitrogens with zero attached hydrogens (tertiary/aromatic N) is 1. The minimum atomic E-state index is 0.374. The van der Waals surface area contributed by atoms with Crippen molar-refractivity contribution in [2.24, 2.45) is 5.92 Å². The van der Waals surface area contributed by atoms with Crippen molar-refractivity contribution in [1.82, 2.24) is 4.90 Å². The molecule has 3 heteroatoms. The maximum atomic E-state index is 5.91. The van der Waals surface area contributed by atoms with Gasteiger partial charge in [-0.2, -0.15) is 0 Å². The van der Waals surface area contributed by atoms with E-state index in [9.17, 15) is 0 Å².